The Kier molecular flexibility index (Phi) is 6.18. The lowest BCUT2D eigenvalue weighted by Gasteiger charge is -2.18. The standard InChI is InChI=1S/C23H20N4O3S/c1-16-18(14-25-27(16)20-11-5-6-12-24-20)23(29)30-15-21(28)26-22(19-10-7-13-31-19)17-8-3-2-4-9-17/h2-14,22H,15H2,1H3,(H,26,28). The van der Waals surface area contributed by atoms with Crippen molar-refractivity contribution in [3.05, 3.63) is 100 Å². The van der Waals surface area contributed by atoms with Crippen molar-refractivity contribution in [3.8, 4) is 5.82 Å². The number of amides is 1. The molecule has 0 fully saturated rings. The molecule has 31 heavy (non-hydrogen) atoms. The maximum atomic E-state index is 12.6. The number of benzene rings is 1. The van der Waals surface area contributed by atoms with E-state index in [4.69, 9.17) is 4.74 Å². The van der Waals surface area contributed by atoms with Gasteiger partial charge in [0, 0.05) is 11.1 Å². The fourth-order valence-corrected chi connectivity index (χ4v) is 3.95. The third-order valence-electron chi connectivity index (χ3n) is 4.70. The van der Waals surface area contributed by atoms with E-state index in [9.17, 15) is 9.59 Å². The summed E-state index contributed by atoms with van der Waals surface area (Å²) in [6, 6.07) is 18.7. The number of aromatic nitrogens is 3. The van der Waals surface area contributed by atoms with Crippen LogP contribution in [-0.2, 0) is 9.53 Å². The van der Waals surface area contributed by atoms with Crippen LogP contribution in [0.4, 0.5) is 0 Å². The minimum atomic E-state index is -0.609. The zero-order valence-corrected chi connectivity index (χ0v) is 17.6. The van der Waals surface area contributed by atoms with E-state index in [1.165, 1.54) is 6.20 Å². The summed E-state index contributed by atoms with van der Waals surface area (Å²) in [6.07, 6.45) is 3.07. The van der Waals surface area contributed by atoms with Crippen molar-refractivity contribution in [3.63, 3.8) is 0 Å². The van der Waals surface area contributed by atoms with Gasteiger partial charge < -0.3 is 10.1 Å². The average molecular weight is 433 g/mol. The fourth-order valence-electron chi connectivity index (χ4n) is 3.15. The van der Waals surface area contributed by atoms with Crippen molar-refractivity contribution < 1.29 is 14.3 Å². The molecule has 0 aliphatic heterocycles. The van der Waals surface area contributed by atoms with Crippen molar-refractivity contribution in [1.29, 1.82) is 0 Å². The van der Waals surface area contributed by atoms with E-state index in [-0.39, 0.29) is 24.1 Å². The highest BCUT2D eigenvalue weighted by molar-refractivity contribution is 7.10. The normalized spacial score (nSPS) is 11.6. The zero-order valence-electron chi connectivity index (χ0n) is 16.8. The molecule has 7 nitrogen and oxygen atoms in total. The molecule has 0 saturated carbocycles. The third-order valence-corrected chi connectivity index (χ3v) is 5.63. The van der Waals surface area contributed by atoms with Crippen molar-refractivity contribution in [1.82, 2.24) is 20.1 Å². The molecule has 156 valence electrons. The second kappa shape index (κ2) is 9.36. The second-order valence-electron chi connectivity index (χ2n) is 6.75. The van der Waals surface area contributed by atoms with Gasteiger partial charge >= 0.3 is 5.97 Å². The Morgan fingerprint density at radius 3 is 2.61 bits per heavy atom. The molecule has 1 atom stereocenters. The first-order valence-electron chi connectivity index (χ1n) is 9.64. The lowest BCUT2D eigenvalue weighted by molar-refractivity contribution is -0.124. The van der Waals surface area contributed by atoms with Gasteiger partial charge in [-0.3, -0.25) is 4.79 Å². The summed E-state index contributed by atoms with van der Waals surface area (Å²) in [5.74, 6) is -0.397. The molecule has 8 heteroatoms. The first-order valence-corrected chi connectivity index (χ1v) is 10.5. The summed E-state index contributed by atoms with van der Waals surface area (Å²) < 4.78 is 6.81. The third kappa shape index (κ3) is 4.70. The maximum Gasteiger partial charge on any atom is 0.342 e. The van der Waals surface area contributed by atoms with Gasteiger partial charge in [0.25, 0.3) is 5.91 Å². The molecule has 0 spiro atoms. The van der Waals surface area contributed by atoms with E-state index < -0.39 is 5.97 Å². The highest BCUT2D eigenvalue weighted by atomic mass is 32.1. The quantitative estimate of drug-likeness (QED) is 0.450. The number of carbonyl (C=O) groups excluding carboxylic acids is 2. The van der Waals surface area contributed by atoms with Crippen molar-refractivity contribution >= 4 is 23.2 Å². The Morgan fingerprint density at radius 1 is 1.10 bits per heavy atom. The molecule has 1 amide bonds. The molecule has 4 aromatic rings. The van der Waals surface area contributed by atoms with E-state index in [1.54, 1.807) is 41.3 Å². The SMILES string of the molecule is Cc1c(C(=O)OCC(=O)NC(c2ccccc2)c2cccs2)cnn1-c1ccccn1. The Labute approximate surface area is 183 Å². The Hall–Kier alpha value is -3.78. The number of ether oxygens (including phenoxy) is 1. The number of hydrogen-bond acceptors (Lipinski definition) is 6. The minimum Gasteiger partial charge on any atom is -0.452 e. The topological polar surface area (TPSA) is 86.1 Å². The molecule has 0 radical (unpaired) electrons. The first-order chi connectivity index (χ1) is 15.1. The Morgan fingerprint density at radius 2 is 1.90 bits per heavy atom. The lowest BCUT2D eigenvalue weighted by atomic mass is 10.1. The molecule has 3 heterocycles. The average Bonchev–Trinajstić information content (AvgIpc) is 3.47. The number of esters is 1. The van der Waals surface area contributed by atoms with Gasteiger partial charge in [-0.05, 0) is 36.1 Å². The van der Waals surface area contributed by atoms with Crippen LogP contribution < -0.4 is 5.32 Å². The first kappa shape index (κ1) is 20.5. The second-order valence-corrected chi connectivity index (χ2v) is 7.73. The van der Waals surface area contributed by atoms with E-state index in [1.807, 2.05) is 53.9 Å². The van der Waals surface area contributed by atoms with Crippen molar-refractivity contribution in [2.24, 2.45) is 0 Å². The summed E-state index contributed by atoms with van der Waals surface area (Å²) in [6.45, 7) is 1.36. The highest BCUT2D eigenvalue weighted by Crippen LogP contribution is 2.25. The molecule has 1 N–H and O–H groups in total. The van der Waals surface area contributed by atoms with Gasteiger partial charge in [0.1, 0.15) is 5.56 Å². The molecular formula is C23H20N4O3S. The minimum absolute atomic E-state index is 0.288. The summed E-state index contributed by atoms with van der Waals surface area (Å²) in [7, 11) is 0. The largest absolute Gasteiger partial charge is 0.452 e. The molecule has 0 aliphatic carbocycles. The lowest BCUT2D eigenvalue weighted by Crippen LogP contribution is -2.32. The van der Waals surface area contributed by atoms with Crippen LogP contribution in [0.25, 0.3) is 5.82 Å². The van der Waals surface area contributed by atoms with Crippen molar-refractivity contribution in [2.45, 2.75) is 13.0 Å². The monoisotopic (exact) mass is 432 g/mol. The molecule has 0 saturated heterocycles. The number of pyridine rings is 1. The van der Waals surface area contributed by atoms with E-state index >= 15 is 0 Å². The number of thiophene rings is 1. The smallest absolute Gasteiger partial charge is 0.342 e. The number of nitrogens with zero attached hydrogens (tertiary/aromatic N) is 3. The molecule has 0 aliphatic rings. The van der Waals surface area contributed by atoms with Gasteiger partial charge in [-0.1, -0.05) is 42.5 Å². The van der Waals surface area contributed by atoms with Gasteiger partial charge in [-0.2, -0.15) is 5.10 Å². The number of hydrogen-bond donors (Lipinski definition) is 1. The van der Waals surface area contributed by atoms with Crippen LogP contribution >= 0.6 is 11.3 Å². The Balaban J connectivity index is 1.41. The maximum absolute atomic E-state index is 12.6. The van der Waals surface area contributed by atoms with Crippen LogP contribution in [0.1, 0.15) is 32.5 Å². The fraction of sp³-hybridized carbons (Fsp3) is 0.130. The number of carbonyl (C=O) groups is 2. The summed E-state index contributed by atoms with van der Waals surface area (Å²) in [4.78, 5) is 30.3. The molecule has 1 aromatic carbocycles. The van der Waals surface area contributed by atoms with Crippen LogP contribution in [0.15, 0.2) is 78.4 Å². The summed E-state index contributed by atoms with van der Waals surface area (Å²) in [5, 5.41) is 9.12. The number of nitrogens with one attached hydrogen (secondary N) is 1. The molecule has 1 unspecified atom stereocenters. The summed E-state index contributed by atoms with van der Waals surface area (Å²) in [5.41, 5.74) is 1.83. The highest BCUT2D eigenvalue weighted by Gasteiger charge is 2.21. The molecule has 4 rings (SSSR count). The van der Waals surface area contributed by atoms with Crippen molar-refractivity contribution in [2.75, 3.05) is 6.61 Å². The van der Waals surface area contributed by atoms with Crippen LogP contribution in [-0.4, -0.2) is 33.2 Å². The van der Waals surface area contributed by atoms with Crippen LogP contribution in [0.2, 0.25) is 0 Å². The van der Waals surface area contributed by atoms with Crippen LogP contribution in [0.5, 0.6) is 0 Å². The van der Waals surface area contributed by atoms with Gasteiger partial charge in [0.2, 0.25) is 0 Å². The van der Waals surface area contributed by atoms with Gasteiger partial charge in [-0.15, -0.1) is 11.3 Å². The molecular weight excluding hydrogens is 412 g/mol. The molecule has 0 bridgehead atoms. The van der Waals surface area contributed by atoms with E-state index in [2.05, 4.69) is 15.4 Å². The predicted molar refractivity (Wildman–Crippen MR) is 117 cm³/mol. The molecule has 3 aromatic heterocycles. The van der Waals surface area contributed by atoms with Gasteiger partial charge in [0.15, 0.2) is 12.4 Å². The summed E-state index contributed by atoms with van der Waals surface area (Å²) >= 11 is 1.55. The number of rotatable bonds is 7. The zero-order chi connectivity index (χ0) is 21.6. The van der Waals surface area contributed by atoms with Crippen LogP contribution in [0, 0.1) is 6.92 Å². The predicted octanol–water partition coefficient (Wildman–Crippen LogP) is 3.70. The van der Waals surface area contributed by atoms with Gasteiger partial charge in [0.05, 0.1) is 17.9 Å². The van der Waals surface area contributed by atoms with E-state index in [0.717, 1.165) is 10.4 Å². The van der Waals surface area contributed by atoms with Crippen LogP contribution in [0.3, 0.4) is 0 Å². The Bertz CT molecular complexity index is 1160. The van der Waals surface area contributed by atoms with E-state index in [0.29, 0.717) is 11.5 Å². The van der Waals surface area contributed by atoms with Gasteiger partial charge in [-0.25, -0.2) is 14.5 Å².